The zero-order valence-corrected chi connectivity index (χ0v) is 46.8. The standard InChI is InChI=1S/C61H109NO13/c1-3-5-7-9-10-11-12-13-14-15-16-17-18-19-20-21-22-23-24-25-26-27-28-29-30-31-32-33-34-35-36-37-38-39-40-41-43-45-53(66)62-49(50(65)44-42-8-6-4-2)48-72-60-58(71)56(69)59(52(47-64)74-60)75-61-57(70)55(68)54(67)51(46-63)73-61/h5,7,10-11,13-14,16-17,19-20,49-52,54-61,63-65,67-71H,3-4,6,8-9,12,15,18,21-48H2,1-2H3,(H,62,66)/b7-5-,11-10-,14-13-,17-16-,20-19-. The first-order valence-corrected chi connectivity index (χ1v) is 30.0. The number of unbranched alkanes of at least 4 members (excludes halogenated alkanes) is 24. The molecule has 2 fully saturated rings. The van der Waals surface area contributed by atoms with E-state index >= 15 is 0 Å². The van der Waals surface area contributed by atoms with Crippen LogP contribution in [0.2, 0.25) is 0 Å². The Balaban J connectivity index is 1.48. The van der Waals surface area contributed by atoms with E-state index in [-0.39, 0.29) is 12.5 Å². The SMILES string of the molecule is CC/C=C\C/C=C\C/C=C\C/C=C\C/C=C\CCCCCCCCCCCCCCCCCCCCCCCC(=O)NC(COC1OC(CO)C(OC2OC(CO)C(O)C(O)C2O)C(O)C1O)C(O)CCCCCC. The van der Waals surface area contributed by atoms with E-state index in [0.29, 0.717) is 12.8 Å². The number of carbonyl (C=O) groups excluding carboxylic acids is 1. The average molecular weight is 1060 g/mol. The number of aliphatic hydroxyl groups excluding tert-OH is 8. The Morgan fingerprint density at radius 1 is 0.493 bits per heavy atom. The molecule has 1 amide bonds. The summed E-state index contributed by atoms with van der Waals surface area (Å²) in [6, 6.07) is -0.824. The van der Waals surface area contributed by atoms with Crippen molar-refractivity contribution in [3.8, 4) is 0 Å². The molecule has 0 aromatic heterocycles. The summed E-state index contributed by atoms with van der Waals surface area (Å²) in [4.78, 5) is 13.1. The van der Waals surface area contributed by atoms with Gasteiger partial charge in [-0.05, 0) is 57.8 Å². The van der Waals surface area contributed by atoms with E-state index in [4.69, 9.17) is 18.9 Å². The van der Waals surface area contributed by atoms with Crippen LogP contribution in [0, 0.1) is 0 Å². The third-order valence-corrected chi connectivity index (χ3v) is 14.5. The van der Waals surface area contributed by atoms with E-state index in [2.05, 4.69) is 79.9 Å². The number of hydrogen-bond acceptors (Lipinski definition) is 13. The molecular formula is C61H109NO13. The molecule has 12 unspecified atom stereocenters. The van der Waals surface area contributed by atoms with Gasteiger partial charge < -0.3 is 65.1 Å². The molecule has 436 valence electrons. The van der Waals surface area contributed by atoms with Gasteiger partial charge in [0.1, 0.15) is 48.8 Å². The average Bonchev–Trinajstić information content (AvgIpc) is 3.41. The molecule has 0 saturated carbocycles. The number of ether oxygens (including phenoxy) is 4. The number of allylic oxidation sites excluding steroid dienone is 10. The van der Waals surface area contributed by atoms with Crippen LogP contribution in [0.3, 0.4) is 0 Å². The maximum absolute atomic E-state index is 13.1. The van der Waals surface area contributed by atoms with E-state index < -0.39 is 86.8 Å². The lowest BCUT2D eigenvalue weighted by Crippen LogP contribution is -2.65. The highest BCUT2D eigenvalue weighted by molar-refractivity contribution is 5.76. The van der Waals surface area contributed by atoms with E-state index in [0.717, 1.165) is 83.5 Å². The van der Waals surface area contributed by atoms with Crippen molar-refractivity contribution in [3.05, 3.63) is 60.8 Å². The lowest BCUT2D eigenvalue weighted by Gasteiger charge is -2.46. The van der Waals surface area contributed by atoms with Gasteiger partial charge in [0, 0.05) is 6.42 Å². The van der Waals surface area contributed by atoms with Gasteiger partial charge in [-0.1, -0.05) is 222 Å². The van der Waals surface area contributed by atoms with Gasteiger partial charge in [0.2, 0.25) is 5.91 Å². The molecule has 0 bridgehead atoms. The fourth-order valence-electron chi connectivity index (χ4n) is 9.68. The van der Waals surface area contributed by atoms with E-state index in [9.17, 15) is 45.6 Å². The Kier molecular flexibility index (Phi) is 42.7. The number of aliphatic hydroxyl groups is 8. The molecule has 2 aliphatic rings. The molecule has 0 radical (unpaired) electrons. The predicted octanol–water partition coefficient (Wildman–Crippen LogP) is 10.2. The summed E-state index contributed by atoms with van der Waals surface area (Å²) >= 11 is 0. The summed E-state index contributed by atoms with van der Waals surface area (Å²) in [6.45, 7) is 2.61. The highest BCUT2D eigenvalue weighted by Gasteiger charge is 2.51. The molecule has 14 nitrogen and oxygen atoms in total. The van der Waals surface area contributed by atoms with Gasteiger partial charge in [-0.3, -0.25) is 4.79 Å². The van der Waals surface area contributed by atoms with Crippen molar-refractivity contribution in [1.82, 2.24) is 5.32 Å². The first-order valence-electron chi connectivity index (χ1n) is 30.0. The molecule has 2 saturated heterocycles. The van der Waals surface area contributed by atoms with Crippen molar-refractivity contribution in [2.75, 3.05) is 19.8 Å². The van der Waals surface area contributed by atoms with Gasteiger partial charge in [0.05, 0.1) is 32.0 Å². The molecule has 0 aromatic carbocycles. The summed E-state index contributed by atoms with van der Waals surface area (Å²) in [6.07, 6.45) is 43.5. The largest absolute Gasteiger partial charge is 0.394 e. The second kappa shape index (κ2) is 46.6. The minimum Gasteiger partial charge on any atom is -0.394 e. The highest BCUT2D eigenvalue weighted by Crippen LogP contribution is 2.30. The number of rotatable bonds is 47. The monoisotopic (exact) mass is 1060 g/mol. The Morgan fingerprint density at radius 3 is 1.40 bits per heavy atom. The number of nitrogens with one attached hydrogen (secondary N) is 1. The van der Waals surface area contributed by atoms with Crippen molar-refractivity contribution in [3.63, 3.8) is 0 Å². The highest BCUT2D eigenvalue weighted by atomic mass is 16.7. The smallest absolute Gasteiger partial charge is 0.220 e. The fourth-order valence-corrected chi connectivity index (χ4v) is 9.68. The van der Waals surface area contributed by atoms with Crippen LogP contribution in [0.5, 0.6) is 0 Å². The Labute approximate surface area is 454 Å². The van der Waals surface area contributed by atoms with Crippen LogP contribution in [-0.4, -0.2) is 140 Å². The maximum atomic E-state index is 13.1. The van der Waals surface area contributed by atoms with Crippen molar-refractivity contribution in [2.45, 2.75) is 299 Å². The lowest BCUT2D eigenvalue weighted by atomic mass is 9.97. The molecule has 0 aromatic rings. The van der Waals surface area contributed by atoms with Gasteiger partial charge >= 0.3 is 0 Å². The minimum atomic E-state index is -1.78. The summed E-state index contributed by atoms with van der Waals surface area (Å²) in [7, 11) is 0. The van der Waals surface area contributed by atoms with E-state index in [1.807, 2.05) is 0 Å². The maximum Gasteiger partial charge on any atom is 0.220 e. The molecule has 0 spiro atoms. The molecule has 0 aliphatic carbocycles. The van der Waals surface area contributed by atoms with Crippen molar-refractivity contribution in [2.24, 2.45) is 0 Å². The molecule has 14 heteroatoms. The molecule has 2 rings (SSSR count). The third kappa shape index (κ3) is 32.4. The van der Waals surface area contributed by atoms with Crippen LogP contribution in [0.25, 0.3) is 0 Å². The van der Waals surface area contributed by atoms with Crippen LogP contribution in [-0.2, 0) is 23.7 Å². The first kappa shape index (κ1) is 68.8. The van der Waals surface area contributed by atoms with Gasteiger partial charge in [-0.15, -0.1) is 0 Å². The zero-order chi connectivity index (χ0) is 54.6. The summed E-state index contributed by atoms with van der Waals surface area (Å²) in [5.41, 5.74) is 0. The van der Waals surface area contributed by atoms with Crippen molar-refractivity contribution < 1.29 is 64.6 Å². The Bertz CT molecular complexity index is 1490. The summed E-state index contributed by atoms with van der Waals surface area (Å²) in [5.74, 6) is -0.215. The second-order valence-corrected chi connectivity index (χ2v) is 21.1. The zero-order valence-electron chi connectivity index (χ0n) is 46.8. The second-order valence-electron chi connectivity index (χ2n) is 21.1. The van der Waals surface area contributed by atoms with Crippen LogP contribution in [0.4, 0.5) is 0 Å². The van der Waals surface area contributed by atoms with E-state index in [1.165, 1.54) is 116 Å². The Morgan fingerprint density at radius 2 is 0.920 bits per heavy atom. The minimum absolute atomic E-state index is 0.215. The van der Waals surface area contributed by atoms with Crippen LogP contribution in [0.1, 0.15) is 226 Å². The predicted molar refractivity (Wildman–Crippen MR) is 300 cm³/mol. The number of hydrogen-bond donors (Lipinski definition) is 9. The summed E-state index contributed by atoms with van der Waals surface area (Å²) in [5, 5.41) is 86.4. The number of carbonyl (C=O) groups is 1. The van der Waals surface area contributed by atoms with Gasteiger partial charge in [0.15, 0.2) is 12.6 Å². The molecular weight excluding hydrogens is 955 g/mol. The van der Waals surface area contributed by atoms with Crippen LogP contribution < -0.4 is 5.32 Å². The van der Waals surface area contributed by atoms with Crippen LogP contribution >= 0.6 is 0 Å². The van der Waals surface area contributed by atoms with Crippen molar-refractivity contribution in [1.29, 1.82) is 0 Å². The normalized spacial score (nSPS) is 25.5. The molecule has 2 heterocycles. The quantitative estimate of drug-likeness (QED) is 0.0204. The topological polar surface area (TPSA) is 228 Å². The molecule has 9 N–H and O–H groups in total. The van der Waals surface area contributed by atoms with Gasteiger partial charge in [0.25, 0.3) is 0 Å². The Hall–Kier alpha value is -2.31. The third-order valence-electron chi connectivity index (χ3n) is 14.5. The fraction of sp³-hybridized carbons (Fsp3) is 0.820. The van der Waals surface area contributed by atoms with Gasteiger partial charge in [-0.2, -0.15) is 0 Å². The van der Waals surface area contributed by atoms with Gasteiger partial charge in [-0.25, -0.2) is 0 Å². The number of amides is 1. The molecule has 75 heavy (non-hydrogen) atoms. The first-order chi connectivity index (χ1) is 36.6. The van der Waals surface area contributed by atoms with Crippen LogP contribution in [0.15, 0.2) is 60.8 Å². The molecule has 12 atom stereocenters. The molecule has 2 aliphatic heterocycles. The van der Waals surface area contributed by atoms with E-state index in [1.54, 1.807) is 0 Å². The lowest BCUT2D eigenvalue weighted by molar-refractivity contribution is -0.359. The summed E-state index contributed by atoms with van der Waals surface area (Å²) < 4.78 is 22.6. The van der Waals surface area contributed by atoms with Crippen molar-refractivity contribution >= 4 is 5.91 Å².